The van der Waals surface area contributed by atoms with Crippen LogP contribution in [0.5, 0.6) is 0 Å². The molecule has 0 fully saturated rings. The second kappa shape index (κ2) is 6.58. The number of esters is 1. The topological polar surface area (TPSA) is 55.4 Å². The summed E-state index contributed by atoms with van der Waals surface area (Å²) in [5, 5.41) is 2.80. The van der Waals surface area contributed by atoms with Crippen molar-refractivity contribution in [2.75, 3.05) is 12.4 Å². The summed E-state index contributed by atoms with van der Waals surface area (Å²) in [6, 6.07) is 9.12. The van der Waals surface area contributed by atoms with Gasteiger partial charge in [-0.05, 0) is 18.2 Å². The van der Waals surface area contributed by atoms with Crippen LogP contribution < -0.4 is 5.32 Å². The van der Waals surface area contributed by atoms with Crippen LogP contribution in [-0.4, -0.2) is 29.6 Å². The molecule has 0 saturated carbocycles. The number of rotatable bonds is 5. The van der Waals surface area contributed by atoms with Crippen molar-refractivity contribution in [3.05, 3.63) is 54.4 Å². The van der Waals surface area contributed by atoms with E-state index < -0.39 is 12.2 Å². The van der Waals surface area contributed by atoms with Crippen LogP contribution in [0.25, 0.3) is 0 Å². The number of hydrogen-bond donors (Lipinski definition) is 1. The average molecular weight is 301 g/mol. The Bertz CT molecular complexity index is 622. The molecule has 116 valence electrons. The number of carbonyl (C=O) groups excluding carboxylic acids is 2. The van der Waals surface area contributed by atoms with E-state index in [-0.39, 0.29) is 10.4 Å². The smallest absolute Gasteiger partial charge is 0.326 e. The lowest BCUT2D eigenvalue weighted by molar-refractivity contribution is -0.858. The van der Waals surface area contributed by atoms with Crippen LogP contribution in [0.4, 0.5) is 5.69 Å². The third kappa shape index (κ3) is 3.26. The highest BCUT2D eigenvalue weighted by Gasteiger charge is 2.44. The zero-order chi connectivity index (χ0) is 16.2. The van der Waals surface area contributed by atoms with Crippen molar-refractivity contribution in [2.24, 2.45) is 0 Å². The Morgan fingerprint density at radius 3 is 2.55 bits per heavy atom. The Balaban J connectivity index is 2.26. The van der Waals surface area contributed by atoms with Crippen LogP contribution in [0.3, 0.4) is 0 Å². The molecule has 0 radical (unpaired) electrons. The molecule has 22 heavy (non-hydrogen) atoms. The van der Waals surface area contributed by atoms with E-state index >= 15 is 0 Å². The predicted octanol–water partition coefficient (Wildman–Crippen LogP) is 2.78. The van der Waals surface area contributed by atoms with E-state index in [1.165, 1.54) is 6.92 Å². The lowest BCUT2D eigenvalue weighted by Gasteiger charge is -2.35. The number of hydrogen-bond acceptors (Lipinski definition) is 3. The van der Waals surface area contributed by atoms with Crippen molar-refractivity contribution in [1.82, 2.24) is 0 Å². The van der Waals surface area contributed by atoms with Crippen LogP contribution in [0.2, 0.25) is 0 Å². The van der Waals surface area contributed by atoms with E-state index in [1.807, 2.05) is 50.5 Å². The first-order valence-electron chi connectivity index (χ1n) is 7.25. The molecule has 2 atom stereocenters. The van der Waals surface area contributed by atoms with Gasteiger partial charge >= 0.3 is 18.1 Å². The SMILES string of the molecule is CCC1=CC=C[N+]1(C)C(OC(C)=O)C(=O)Nc1ccccc1. The maximum atomic E-state index is 12.6. The first kappa shape index (κ1) is 16.0. The number of benzene rings is 1. The minimum Gasteiger partial charge on any atom is -0.402 e. The Labute approximate surface area is 130 Å². The standard InChI is InChI=1S/C17H20N2O3/c1-4-15-11-8-12-19(15,3)17(22-13(2)20)16(21)18-14-9-6-5-7-10-14/h5-12,17H,4H2,1-3H3/p+1. The van der Waals surface area contributed by atoms with E-state index in [0.29, 0.717) is 5.69 Å². The van der Waals surface area contributed by atoms with Crippen molar-refractivity contribution in [3.63, 3.8) is 0 Å². The number of likely N-dealkylation sites (N-methyl/N-ethyl adjacent to an activating group) is 1. The van der Waals surface area contributed by atoms with Gasteiger partial charge in [0, 0.05) is 25.1 Å². The van der Waals surface area contributed by atoms with Crippen LogP contribution in [-0.2, 0) is 14.3 Å². The van der Waals surface area contributed by atoms with Crippen LogP contribution >= 0.6 is 0 Å². The van der Waals surface area contributed by atoms with E-state index in [1.54, 1.807) is 12.1 Å². The molecule has 5 heteroatoms. The molecular weight excluding hydrogens is 280 g/mol. The summed E-state index contributed by atoms with van der Waals surface area (Å²) in [7, 11) is 1.86. The van der Waals surface area contributed by atoms with E-state index in [0.717, 1.165) is 12.1 Å². The van der Waals surface area contributed by atoms with Crippen molar-refractivity contribution >= 4 is 17.6 Å². The van der Waals surface area contributed by atoms with Gasteiger partial charge in [0.25, 0.3) is 0 Å². The summed E-state index contributed by atoms with van der Waals surface area (Å²) in [6.07, 6.45) is 5.50. The molecule has 1 N–H and O–H groups in total. The molecule has 5 nitrogen and oxygen atoms in total. The van der Waals surface area contributed by atoms with Crippen LogP contribution in [0, 0.1) is 0 Å². The van der Waals surface area contributed by atoms with Gasteiger partial charge in [-0.15, -0.1) is 0 Å². The number of carbonyl (C=O) groups is 2. The Morgan fingerprint density at radius 2 is 1.95 bits per heavy atom. The fraction of sp³-hybridized carbons (Fsp3) is 0.294. The Kier molecular flexibility index (Phi) is 4.78. The van der Waals surface area contributed by atoms with Gasteiger partial charge in [-0.3, -0.25) is 9.59 Å². The van der Waals surface area contributed by atoms with Gasteiger partial charge in [-0.2, -0.15) is 0 Å². The molecule has 1 aromatic carbocycles. The fourth-order valence-corrected chi connectivity index (χ4v) is 2.57. The summed E-state index contributed by atoms with van der Waals surface area (Å²) in [6.45, 7) is 3.32. The highest BCUT2D eigenvalue weighted by Crippen LogP contribution is 2.29. The fourth-order valence-electron chi connectivity index (χ4n) is 2.57. The summed E-state index contributed by atoms with van der Waals surface area (Å²) < 4.78 is 5.48. The summed E-state index contributed by atoms with van der Waals surface area (Å²) in [5.41, 5.74) is 1.68. The van der Waals surface area contributed by atoms with Crippen LogP contribution in [0.15, 0.2) is 54.4 Å². The first-order valence-corrected chi connectivity index (χ1v) is 7.25. The molecule has 1 heterocycles. The molecule has 0 bridgehead atoms. The van der Waals surface area contributed by atoms with E-state index in [9.17, 15) is 9.59 Å². The number of ether oxygens (including phenoxy) is 1. The minimum absolute atomic E-state index is 0.148. The lowest BCUT2D eigenvalue weighted by atomic mass is 10.2. The van der Waals surface area contributed by atoms with Gasteiger partial charge in [0.1, 0.15) is 11.9 Å². The van der Waals surface area contributed by atoms with Gasteiger partial charge in [-0.25, -0.2) is 4.48 Å². The number of amides is 1. The monoisotopic (exact) mass is 301 g/mol. The number of quaternary nitrogens is 1. The third-order valence-electron chi connectivity index (χ3n) is 3.70. The molecule has 1 amide bonds. The average Bonchev–Trinajstić information content (AvgIpc) is 2.87. The summed E-state index contributed by atoms with van der Waals surface area (Å²) in [4.78, 5) is 24.1. The van der Waals surface area contributed by atoms with E-state index in [4.69, 9.17) is 4.74 Å². The largest absolute Gasteiger partial charge is 0.402 e. The van der Waals surface area contributed by atoms with Gasteiger partial charge in [-0.1, -0.05) is 25.1 Å². The number of nitrogens with one attached hydrogen (secondary N) is 1. The van der Waals surface area contributed by atoms with Crippen molar-refractivity contribution in [1.29, 1.82) is 0 Å². The molecule has 1 aliphatic heterocycles. The zero-order valence-corrected chi connectivity index (χ0v) is 13.1. The number of allylic oxidation sites excluding steroid dienone is 3. The molecule has 0 spiro atoms. The third-order valence-corrected chi connectivity index (χ3v) is 3.70. The van der Waals surface area contributed by atoms with Crippen molar-refractivity contribution < 1.29 is 18.8 Å². The van der Waals surface area contributed by atoms with Crippen molar-refractivity contribution in [3.8, 4) is 0 Å². The maximum Gasteiger partial charge on any atom is 0.326 e. The highest BCUT2D eigenvalue weighted by molar-refractivity contribution is 5.94. The molecular formula is C17H21N2O3+. The number of para-hydroxylation sites is 1. The molecule has 0 saturated heterocycles. The van der Waals surface area contributed by atoms with Gasteiger partial charge in [0.2, 0.25) is 0 Å². The summed E-state index contributed by atoms with van der Waals surface area (Å²) >= 11 is 0. The lowest BCUT2D eigenvalue weighted by Crippen LogP contribution is -2.54. The molecule has 2 rings (SSSR count). The quantitative estimate of drug-likeness (QED) is 0.672. The van der Waals surface area contributed by atoms with Gasteiger partial charge in [0.15, 0.2) is 0 Å². The molecule has 1 aliphatic rings. The second-order valence-corrected chi connectivity index (χ2v) is 5.32. The highest BCUT2D eigenvalue weighted by atomic mass is 16.6. The second-order valence-electron chi connectivity index (χ2n) is 5.32. The number of nitrogens with zero attached hydrogens (tertiary/aromatic N) is 1. The predicted molar refractivity (Wildman–Crippen MR) is 84.3 cm³/mol. The first-order chi connectivity index (χ1) is 10.5. The van der Waals surface area contributed by atoms with Gasteiger partial charge in [0.05, 0.1) is 7.05 Å². The maximum absolute atomic E-state index is 12.6. The number of anilines is 1. The van der Waals surface area contributed by atoms with Gasteiger partial charge < -0.3 is 10.1 Å². The Morgan fingerprint density at radius 1 is 1.27 bits per heavy atom. The molecule has 0 aromatic heterocycles. The molecule has 0 aliphatic carbocycles. The molecule has 2 unspecified atom stereocenters. The van der Waals surface area contributed by atoms with Crippen molar-refractivity contribution in [2.45, 2.75) is 26.5 Å². The Hall–Kier alpha value is -2.40. The minimum atomic E-state index is -0.956. The van der Waals surface area contributed by atoms with E-state index in [2.05, 4.69) is 5.32 Å². The summed E-state index contributed by atoms with van der Waals surface area (Å²) in [5.74, 6) is -0.835. The zero-order valence-electron chi connectivity index (χ0n) is 13.1. The van der Waals surface area contributed by atoms with Crippen LogP contribution in [0.1, 0.15) is 20.3 Å². The normalized spacial score (nSPS) is 21.1. The molecule has 1 aromatic rings.